The van der Waals surface area contributed by atoms with Gasteiger partial charge in [0.25, 0.3) is 0 Å². The Morgan fingerprint density at radius 1 is 1.38 bits per heavy atom. The highest BCUT2D eigenvalue weighted by molar-refractivity contribution is 9.09. The Morgan fingerprint density at radius 3 is 2.81 bits per heavy atom. The third kappa shape index (κ3) is 2.42. The summed E-state index contributed by atoms with van der Waals surface area (Å²) in [6.45, 7) is 5.11. The zero-order chi connectivity index (χ0) is 11.5. The van der Waals surface area contributed by atoms with Gasteiger partial charge in [0.2, 0.25) is 0 Å². The lowest BCUT2D eigenvalue weighted by Crippen LogP contribution is -2.09. The van der Waals surface area contributed by atoms with Crippen molar-refractivity contribution in [2.24, 2.45) is 5.92 Å². The van der Waals surface area contributed by atoms with Crippen LogP contribution in [0.15, 0.2) is 24.3 Å². The smallest absolute Gasteiger partial charge is 0.119 e. The molecule has 0 aromatic heterocycles. The second-order valence-corrected chi connectivity index (χ2v) is 5.74. The van der Waals surface area contributed by atoms with Crippen LogP contribution in [0, 0.1) is 5.92 Å². The fourth-order valence-electron chi connectivity index (χ4n) is 2.59. The molecule has 2 rings (SSSR count). The van der Waals surface area contributed by atoms with E-state index in [1.54, 1.807) is 0 Å². The average Bonchev–Trinajstić information content (AvgIpc) is 2.61. The van der Waals surface area contributed by atoms with Crippen molar-refractivity contribution in [1.29, 1.82) is 0 Å². The van der Waals surface area contributed by atoms with E-state index >= 15 is 0 Å². The Morgan fingerprint density at radius 2 is 2.19 bits per heavy atom. The van der Waals surface area contributed by atoms with Gasteiger partial charge in [0.05, 0.1) is 6.61 Å². The van der Waals surface area contributed by atoms with Gasteiger partial charge in [0.1, 0.15) is 5.75 Å². The Hall–Kier alpha value is -0.500. The number of alkyl halides is 1. The van der Waals surface area contributed by atoms with E-state index in [9.17, 15) is 0 Å². The molecule has 1 saturated carbocycles. The van der Waals surface area contributed by atoms with Gasteiger partial charge in [-0.3, -0.25) is 0 Å². The van der Waals surface area contributed by atoms with E-state index < -0.39 is 0 Å². The molecule has 1 aliphatic rings. The molecule has 0 saturated heterocycles. The molecule has 0 radical (unpaired) electrons. The Balaban J connectivity index is 2.17. The van der Waals surface area contributed by atoms with Gasteiger partial charge in [0, 0.05) is 4.83 Å². The maximum absolute atomic E-state index is 5.56. The van der Waals surface area contributed by atoms with E-state index in [4.69, 9.17) is 4.74 Å². The first-order chi connectivity index (χ1) is 7.72. The summed E-state index contributed by atoms with van der Waals surface area (Å²) in [5, 5.41) is 0. The van der Waals surface area contributed by atoms with Gasteiger partial charge >= 0.3 is 0 Å². The molecule has 1 aromatic carbocycles. The maximum atomic E-state index is 5.56. The summed E-state index contributed by atoms with van der Waals surface area (Å²) in [7, 11) is 0. The lowest BCUT2D eigenvalue weighted by molar-refractivity contribution is 0.339. The summed E-state index contributed by atoms with van der Waals surface area (Å²) in [6, 6.07) is 8.58. The van der Waals surface area contributed by atoms with Crippen molar-refractivity contribution < 1.29 is 4.74 Å². The summed E-state index contributed by atoms with van der Waals surface area (Å²) < 4.78 is 5.56. The number of hydrogen-bond donors (Lipinski definition) is 0. The van der Waals surface area contributed by atoms with Gasteiger partial charge in [0.15, 0.2) is 0 Å². The third-order valence-corrected chi connectivity index (χ3v) is 4.85. The first-order valence-electron chi connectivity index (χ1n) is 6.09. The molecule has 16 heavy (non-hydrogen) atoms. The summed E-state index contributed by atoms with van der Waals surface area (Å²) in [5.41, 5.74) is 1.43. The standard InChI is InChI=1S/C14H19BrO/c1-3-16-12-6-4-5-11(9-12)13-7-8-14(15)10(13)2/h4-6,9-10,13-14H,3,7-8H2,1-2H3. The molecule has 1 aromatic rings. The summed E-state index contributed by atoms with van der Waals surface area (Å²) in [5.74, 6) is 2.41. The first-order valence-corrected chi connectivity index (χ1v) is 7.00. The number of benzene rings is 1. The van der Waals surface area contributed by atoms with Crippen LogP contribution in [0.2, 0.25) is 0 Å². The Bertz CT molecular complexity index is 350. The molecule has 3 atom stereocenters. The summed E-state index contributed by atoms with van der Waals surface area (Å²) in [6.07, 6.45) is 2.57. The van der Waals surface area contributed by atoms with Crippen molar-refractivity contribution >= 4 is 15.9 Å². The molecule has 1 aliphatic carbocycles. The molecular formula is C14H19BrO. The summed E-state index contributed by atoms with van der Waals surface area (Å²) >= 11 is 3.76. The first kappa shape index (κ1) is 12.0. The number of halogens is 1. The molecule has 0 N–H and O–H groups in total. The minimum atomic E-state index is 0.674. The second kappa shape index (κ2) is 5.22. The molecular weight excluding hydrogens is 264 g/mol. The van der Waals surface area contributed by atoms with E-state index in [0.29, 0.717) is 10.7 Å². The molecule has 88 valence electrons. The highest BCUT2D eigenvalue weighted by Gasteiger charge is 2.31. The molecule has 0 spiro atoms. The van der Waals surface area contributed by atoms with Gasteiger partial charge < -0.3 is 4.74 Å². The van der Waals surface area contributed by atoms with Crippen molar-refractivity contribution in [3.05, 3.63) is 29.8 Å². The van der Waals surface area contributed by atoms with E-state index in [0.717, 1.165) is 18.3 Å². The van der Waals surface area contributed by atoms with E-state index in [-0.39, 0.29) is 0 Å². The molecule has 3 unspecified atom stereocenters. The van der Waals surface area contributed by atoms with Crippen molar-refractivity contribution in [3.8, 4) is 5.75 Å². The quantitative estimate of drug-likeness (QED) is 0.749. The lowest BCUT2D eigenvalue weighted by Gasteiger charge is -2.18. The zero-order valence-corrected chi connectivity index (χ0v) is 11.5. The minimum Gasteiger partial charge on any atom is -0.494 e. The topological polar surface area (TPSA) is 9.23 Å². The van der Waals surface area contributed by atoms with Crippen molar-refractivity contribution in [1.82, 2.24) is 0 Å². The van der Waals surface area contributed by atoms with Gasteiger partial charge in [-0.05, 0) is 49.3 Å². The maximum Gasteiger partial charge on any atom is 0.119 e. The SMILES string of the molecule is CCOc1cccc(C2CCC(Br)C2C)c1. The highest BCUT2D eigenvalue weighted by atomic mass is 79.9. The predicted molar refractivity (Wildman–Crippen MR) is 71.5 cm³/mol. The van der Waals surface area contributed by atoms with Crippen molar-refractivity contribution in [2.45, 2.75) is 37.4 Å². The Kier molecular flexibility index (Phi) is 3.91. The molecule has 2 heteroatoms. The highest BCUT2D eigenvalue weighted by Crippen LogP contribution is 2.43. The minimum absolute atomic E-state index is 0.674. The van der Waals surface area contributed by atoms with Crippen LogP contribution in [0.1, 0.15) is 38.2 Å². The number of hydrogen-bond acceptors (Lipinski definition) is 1. The van der Waals surface area contributed by atoms with E-state index in [1.165, 1.54) is 18.4 Å². The van der Waals surface area contributed by atoms with Gasteiger partial charge in [-0.25, -0.2) is 0 Å². The van der Waals surface area contributed by atoms with Crippen molar-refractivity contribution in [3.63, 3.8) is 0 Å². The van der Waals surface area contributed by atoms with Crippen LogP contribution in [0.25, 0.3) is 0 Å². The van der Waals surface area contributed by atoms with Gasteiger partial charge in [-0.1, -0.05) is 35.0 Å². The van der Waals surface area contributed by atoms with Crippen molar-refractivity contribution in [2.75, 3.05) is 6.61 Å². The number of ether oxygens (including phenoxy) is 1. The molecule has 0 amide bonds. The van der Waals surface area contributed by atoms with Crippen LogP contribution >= 0.6 is 15.9 Å². The molecule has 0 aliphatic heterocycles. The Labute approximate surface area is 106 Å². The lowest BCUT2D eigenvalue weighted by atomic mass is 9.90. The van der Waals surface area contributed by atoms with Crippen LogP contribution in [-0.4, -0.2) is 11.4 Å². The van der Waals surface area contributed by atoms with Crippen LogP contribution in [0.4, 0.5) is 0 Å². The predicted octanol–water partition coefficient (Wildman–Crippen LogP) is 4.36. The average molecular weight is 283 g/mol. The van der Waals surface area contributed by atoms with E-state index in [2.05, 4.69) is 41.1 Å². The molecule has 0 heterocycles. The number of rotatable bonds is 3. The van der Waals surface area contributed by atoms with Crippen LogP contribution < -0.4 is 4.74 Å². The second-order valence-electron chi connectivity index (χ2n) is 4.56. The molecule has 0 bridgehead atoms. The van der Waals surface area contributed by atoms with Crippen LogP contribution in [0.5, 0.6) is 5.75 Å². The normalized spacial score (nSPS) is 29.3. The largest absolute Gasteiger partial charge is 0.494 e. The fourth-order valence-corrected chi connectivity index (χ4v) is 3.22. The molecule has 1 nitrogen and oxygen atoms in total. The fraction of sp³-hybridized carbons (Fsp3) is 0.571. The van der Waals surface area contributed by atoms with Crippen LogP contribution in [0.3, 0.4) is 0 Å². The van der Waals surface area contributed by atoms with Gasteiger partial charge in [-0.15, -0.1) is 0 Å². The third-order valence-electron chi connectivity index (χ3n) is 3.56. The van der Waals surface area contributed by atoms with E-state index in [1.807, 2.05) is 13.0 Å². The summed E-state index contributed by atoms with van der Waals surface area (Å²) in [4.78, 5) is 0.674. The van der Waals surface area contributed by atoms with Gasteiger partial charge in [-0.2, -0.15) is 0 Å². The van der Waals surface area contributed by atoms with Crippen LogP contribution in [-0.2, 0) is 0 Å². The molecule has 1 fully saturated rings. The monoisotopic (exact) mass is 282 g/mol. The zero-order valence-electron chi connectivity index (χ0n) is 9.95.